The van der Waals surface area contributed by atoms with Gasteiger partial charge in [0, 0.05) is 10.6 Å². The van der Waals surface area contributed by atoms with Crippen LogP contribution in [0.25, 0.3) is 0 Å². The normalized spacial score (nSPS) is 18.6. The smallest absolute Gasteiger partial charge is 0.124 e. The van der Waals surface area contributed by atoms with E-state index in [0.29, 0.717) is 10.8 Å². The van der Waals surface area contributed by atoms with Crippen LogP contribution in [0.15, 0.2) is 18.2 Å². The van der Waals surface area contributed by atoms with E-state index in [9.17, 15) is 5.11 Å². The fraction of sp³-hybridized carbons (Fsp3) is 0.571. The monoisotopic (exact) mass is 254 g/mol. The highest BCUT2D eigenvalue weighted by Gasteiger charge is 2.14. The van der Waals surface area contributed by atoms with E-state index < -0.39 is 0 Å². The molecule has 1 aromatic carbocycles. The Morgan fingerprint density at radius 1 is 1.06 bits per heavy atom. The quantitative estimate of drug-likeness (QED) is 0.832. The van der Waals surface area contributed by atoms with E-state index in [-0.39, 0.29) is 0 Å². The lowest BCUT2D eigenvalue weighted by Crippen LogP contribution is -3.10. The standard InChI is InChI=1S/C14H20ClNO/c15-13-6-7-14(17)12(10-13)11-16-8-4-2-1-3-5-9-16/h6-7,10,17H,1-5,8-9,11H2/p+1. The van der Waals surface area contributed by atoms with Crippen LogP contribution in [0.4, 0.5) is 0 Å². The number of hydrogen-bond acceptors (Lipinski definition) is 1. The van der Waals surface area contributed by atoms with Gasteiger partial charge >= 0.3 is 0 Å². The van der Waals surface area contributed by atoms with E-state index in [4.69, 9.17) is 11.6 Å². The van der Waals surface area contributed by atoms with Gasteiger partial charge in [-0.1, -0.05) is 18.0 Å². The third kappa shape index (κ3) is 3.90. The van der Waals surface area contributed by atoms with Gasteiger partial charge in [-0.05, 0) is 43.9 Å². The van der Waals surface area contributed by atoms with Gasteiger partial charge in [0.15, 0.2) is 0 Å². The van der Waals surface area contributed by atoms with Crippen LogP contribution < -0.4 is 4.90 Å². The van der Waals surface area contributed by atoms with E-state index in [1.165, 1.54) is 45.2 Å². The minimum atomic E-state index is 0.379. The molecule has 0 aliphatic carbocycles. The maximum Gasteiger partial charge on any atom is 0.124 e. The Kier molecular flexibility index (Phi) is 4.69. The fourth-order valence-electron chi connectivity index (χ4n) is 2.55. The summed E-state index contributed by atoms with van der Waals surface area (Å²) >= 11 is 5.97. The van der Waals surface area contributed by atoms with Crippen molar-refractivity contribution in [1.82, 2.24) is 0 Å². The van der Waals surface area contributed by atoms with Crippen molar-refractivity contribution >= 4 is 11.6 Å². The molecule has 0 radical (unpaired) electrons. The summed E-state index contributed by atoms with van der Waals surface area (Å²) in [7, 11) is 0. The Balaban J connectivity index is 2.00. The molecule has 0 bridgehead atoms. The first-order valence-electron chi connectivity index (χ1n) is 6.56. The molecular formula is C14H21ClNO+. The predicted octanol–water partition coefficient (Wildman–Crippen LogP) is 2.39. The topological polar surface area (TPSA) is 24.7 Å². The van der Waals surface area contributed by atoms with Crippen LogP contribution in [0.5, 0.6) is 5.75 Å². The van der Waals surface area contributed by atoms with Gasteiger partial charge < -0.3 is 10.0 Å². The van der Waals surface area contributed by atoms with Crippen molar-refractivity contribution in [2.45, 2.75) is 38.6 Å². The molecule has 3 heteroatoms. The van der Waals surface area contributed by atoms with Gasteiger partial charge in [0.05, 0.1) is 13.1 Å². The average molecular weight is 255 g/mol. The number of likely N-dealkylation sites (tertiary alicyclic amines) is 1. The summed E-state index contributed by atoms with van der Waals surface area (Å²) in [5.74, 6) is 0.379. The van der Waals surface area contributed by atoms with E-state index in [1.807, 2.05) is 6.07 Å². The van der Waals surface area contributed by atoms with Gasteiger partial charge in [-0.2, -0.15) is 0 Å². The summed E-state index contributed by atoms with van der Waals surface area (Å²) in [6, 6.07) is 5.33. The number of aromatic hydroxyl groups is 1. The molecule has 17 heavy (non-hydrogen) atoms. The molecule has 0 saturated carbocycles. The molecule has 1 aromatic rings. The van der Waals surface area contributed by atoms with Gasteiger partial charge in [0.1, 0.15) is 12.3 Å². The molecule has 94 valence electrons. The minimum absolute atomic E-state index is 0.379. The predicted molar refractivity (Wildman–Crippen MR) is 70.6 cm³/mol. The Bertz CT molecular complexity index is 359. The summed E-state index contributed by atoms with van der Waals surface area (Å²) in [5, 5.41) is 10.5. The Morgan fingerprint density at radius 2 is 1.71 bits per heavy atom. The Labute approximate surface area is 108 Å². The largest absolute Gasteiger partial charge is 0.507 e. The number of benzene rings is 1. The lowest BCUT2D eigenvalue weighted by atomic mass is 10.1. The van der Waals surface area contributed by atoms with Gasteiger partial charge in [-0.25, -0.2) is 0 Å². The van der Waals surface area contributed by atoms with Gasteiger partial charge in [-0.3, -0.25) is 0 Å². The zero-order chi connectivity index (χ0) is 12.1. The zero-order valence-electron chi connectivity index (χ0n) is 10.2. The molecule has 1 heterocycles. The number of phenols is 1. The molecule has 1 saturated heterocycles. The maximum atomic E-state index is 9.82. The van der Waals surface area contributed by atoms with Gasteiger partial charge in [-0.15, -0.1) is 0 Å². The molecule has 0 atom stereocenters. The number of rotatable bonds is 2. The van der Waals surface area contributed by atoms with Crippen LogP contribution in [0.2, 0.25) is 5.02 Å². The van der Waals surface area contributed by atoms with Crippen LogP contribution >= 0.6 is 11.6 Å². The van der Waals surface area contributed by atoms with Crippen molar-refractivity contribution in [3.8, 4) is 5.75 Å². The highest BCUT2D eigenvalue weighted by molar-refractivity contribution is 6.30. The molecule has 2 nitrogen and oxygen atoms in total. The van der Waals surface area contributed by atoms with Crippen LogP contribution in [0, 0.1) is 0 Å². The number of quaternary nitrogens is 1. The third-order valence-electron chi connectivity index (χ3n) is 3.54. The molecule has 1 aliphatic rings. The van der Waals surface area contributed by atoms with Crippen molar-refractivity contribution in [1.29, 1.82) is 0 Å². The van der Waals surface area contributed by atoms with Crippen LogP contribution in [-0.4, -0.2) is 18.2 Å². The summed E-state index contributed by atoms with van der Waals surface area (Å²) < 4.78 is 0. The highest BCUT2D eigenvalue weighted by atomic mass is 35.5. The Hall–Kier alpha value is -0.730. The lowest BCUT2D eigenvalue weighted by Gasteiger charge is -2.22. The molecular weight excluding hydrogens is 234 g/mol. The van der Waals surface area contributed by atoms with E-state index in [2.05, 4.69) is 0 Å². The Morgan fingerprint density at radius 3 is 2.41 bits per heavy atom. The first kappa shape index (κ1) is 12.7. The van der Waals surface area contributed by atoms with Gasteiger partial charge in [0.25, 0.3) is 0 Å². The summed E-state index contributed by atoms with van der Waals surface area (Å²) in [4.78, 5) is 1.57. The van der Waals surface area contributed by atoms with Gasteiger partial charge in [0.2, 0.25) is 0 Å². The molecule has 0 aromatic heterocycles. The number of halogens is 1. The molecule has 0 unspecified atom stereocenters. The van der Waals surface area contributed by atoms with E-state index >= 15 is 0 Å². The summed E-state index contributed by atoms with van der Waals surface area (Å²) in [6.45, 7) is 3.32. The van der Waals surface area contributed by atoms with Crippen molar-refractivity contribution in [2.24, 2.45) is 0 Å². The number of nitrogens with one attached hydrogen (secondary N) is 1. The maximum absolute atomic E-state index is 9.82. The fourth-order valence-corrected chi connectivity index (χ4v) is 2.74. The van der Waals surface area contributed by atoms with Crippen LogP contribution in [-0.2, 0) is 6.54 Å². The first-order chi connectivity index (χ1) is 8.25. The molecule has 1 aliphatic heterocycles. The second kappa shape index (κ2) is 6.27. The SMILES string of the molecule is Oc1ccc(Cl)cc1C[NH+]1CCCCCCC1. The number of phenolic OH excluding ortho intramolecular Hbond substituents is 1. The summed E-state index contributed by atoms with van der Waals surface area (Å²) in [6.07, 6.45) is 6.69. The molecule has 0 spiro atoms. The van der Waals surface area contributed by atoms with Crippen molar-refractivity contribution < 1.29 is 10.0 Å². The molecule has 1 fully saturated rings. The lowest BCUT2D eigenvalue weighted by molar-refractivity contribution is -0.914. The second-order valence-corrected chi connectivity index (χ2v) is 5.40. The van der Waals surface area contributed by atoms with E-state index in [1.54, 1.807) is 17.0 Å². The molecule has 2 rings (SSSR count). The third-order valence-corrected chi connectivity index (χ3v) is 3.78. The zero-order valence-corrected chi connectivity index (χ0v) is 11.0. The first-order valence-corrected chi connectivity index (χ1v) is 6.94. The highest BCUT2D eigenvalue weighted by Crippen LogP contribution is 2.20. The summed E-state index contributed by atoms with van der Waals surface area (Å²) in [5.41, 5.74) is 0.980. The minimum Gasteiger partial charge on any atom is -0.507 e. The van der Waals surface area contributed by atoms with Crippen molar-refractivity contribution in [3.63, 3.8) is 0 Å². The van der Waals surface area contributed by atoms with E-state index in [0.717, 1.165) is 12.1 Å². The van der Waals surface area contributed by atoms with Crippen molar-refractivity contribution in [3.05, 3.63) is 28.8 Å². The van der Waals surface area contributed by atoms with Crippen LogP contribution in [0.1, 0.15) is 37.7 Å². The van der Waals surface area contributed by atoms with Crippen molar-refractivity contribution in [2.75, 3.05) is 13.1 Å². The second-order valence-electron chi connectivity index (χ2n) is 4.97. The average Bonchev–Trinajstić information content (AvgIpc) is 2.27. The molecule has 0 amide bonds. The molecule has 2 N–H and O–H groups in total. The number of hydrogen-bond donors (Lipinski definition) is 2. The van der Waals surface area contributed by atoms with Crippen LogP contribution in [0.3, 0.4) is 0 Å².